The minimum atomic E-state index is -1.33. The topological polar surface area (TPSA) is 26.3 Å². The van der Waals surface area contributed by atoms with Crippen LogP contribution in [0.4, 0.5) is 0 Å². The van der Waals surface area contributed by atoms with Crippen LogP contribution in [0.3, 0.4) is 0 Å². The predicted octanol–water partition coefficient (Wildman–Crippen LogP) is 5.06. The molecule has 0 unspecified atom stereocenters. The molecule has 1 rings (SSSR count). The largest absolute Gasteiger partial charge is 0.418 e. The summed E-state index contributed by atoms with van der Waals surface area (Å²) in [6.45, 7) is 7.57. The van der Waals surface area contributed by atoms with Crippen LogP contribution in [0.2, 0.25) is 19.6 Å². The Labute approximate surface area is 124 Å². The number of ketones is 1. The third-order valence-electron chi connectivity index (χ3n) is 3.18. The summed E-state index contributed by atoms with van der Waals surface area (Å²) in [7, 11) is -1.33. The zero-order valence-electron chi connectivity index (χ0n) is 13.2. The van der Waals surface area contributed by atoms with Crippen molar-refractivity contribution in [1.82, 2.24) is 0 Å². The van der Waals surface area contributed by atoms with Crippen LogP contribution in [0.5, 0.6) is 0 Å². The molecule has 1 aromatic carbocycles. The van der Waals surface area contributed by atoms with Crippen molar-refractivity contribution in [2.75, 3.05) is 6.61 Å². The summed E-state index contributed by atoms with van der Waals surface area (Å²) in [5.74, 6) is 0.271. The molecule has 20 heavy (non-hydrogen) atoms. The molecule has 0 bridgehead atoms. The zero-order valence-corrected chi connectivity index (χ0v) is 14.2. The number of unbranched alkanes of at least 4 members (excludes halogenated alkanes) is 4. The smallest absolute Gasteiger partial charge is 0.183 e. The first-order valence-corrected chi connectivity index (χ1v) is 11.1. The van der Waals surface area contributed by atoms with Gasteiger partial charge < -0.3 is 4.43 Å². The van der Waals surface area contributed by atoms with Crippen molar-refractivity contribution in [2.24, 2.45) is 0 Å². The van der Waals surface area contributed by atoms with Crippen LogP contribution in [-0.4, -0.2) is 20.7 Å². The van der Waals surface area contributed by atoms with Crippen molar-refractivity contribution in [2.45, 2.75) is 58.2 Å². The van der Waals surface area contributed by atoms with E-state index >= 15 is 0 Å². The minimum Gasteiger partial charge on any atom is -0.418 e. The maximum absolute atomic E-state index is 11.9. The second kappa shape index (κ2) is 9.09. The summed E-state index contributed by atoms with van der Waals surface area (Å²) in [6.07, 6.45) is 6.39. The molecule has 0 aliphatic carbocycles. The van der Waals surface area contributed by atoms with E-state index < -0.39 is 8.32 Å². The van der Waals surface area contributed by atoms with Crippen LogP contribution in [0.25, 0.3) is 0 Å². The lowest BCUT2D eigenvalue weighted by Gasteiger charge is -2.16. The van der Waals surface area contributed by atoms with Gasteiger partial charge in [-0.3, -0.25) is 4.79 Å². The third-order valence-corrected chi connectivity index (χ3v) is 4.25. The summed E-state index contributed by atoms with van der Waals surface area (Å²) in [5.41, 5.74) is 0.844. The highest BCUT2D eigenvalue weighted by atomic mass is 28.4. The molecule has 112 valence electrons. The molecule has 1 aromatic rings. The summed E-state index contributed by atoms with van der Waals surface area (Å²) in [6, 6.07) is 9.59. The Morgan fingerprint density at radius 1 is 0.950 bits per heavy atom. The predicted molar refractivity (Wildman–Crippen MR) is 87.8 cm³/mol. The molecule has 0 radical (unpaired) electrons. The van der Waals surface area contributed by atoms with Crippen molar-refractivity contribution < 1.29 is 9.22 Å². The maximum Gasteiger partial charge on any atom is 0.183 e. The van der Waals surface area contributed by atoms with E-state index in [0.717, 1.165) is 31.4 Å². The van der Waals surface area contributed by atoms with Crippen molar-refractivity contribution in [3.05, 3.63) is 35.9 Å². The Hall–Kier alpha value is -0.933. The van der Waals surface area contributed by atoms with Crippen molar-refractivity contribution >= 4 is 14.1 Å². The van der Waals surface area contributed by atoms with Crippen LogP contribution in [-0.2, 0) is 4.43 Å². The van der Waals surface area contributed by atoms with Gasteiger partial charge in [-0.1, -0.05) is 49.6 Å². The molecule has 0 atom stereocenters. The van der Waals surface area contributed by atoms with E-state index in [4.69, 9.17) is 4.43 Å². The van der Waals surface area contributed by atoms with Crippen LogP contribution >= 0.6 is 0 Å². The van der Waals surface area contributed by atoms with E-state index in [0.29, 0.717) is 6.42 Å². The molecule has 2 nitrogen and oxygen atoms in total. The molecular weight excluding hydrogens is 264 g/mol. The van der Waals surface area contributed by atoms with Crippen LogP contribution in [0.1, 0.15) is 48.9 Å². The zero-order chi connectivity index (χ0) is 14.8. The quantitative estimate of drug-likeness (QED) is 0.342. The Bertz CT molecular complexity index is 382. The Kier molecular flexibility index (Phi) is 7.78. The monoisotopic (exact) mass is 292 g/mol. The van der Waals surface area contributed by atoms with E-state index in [1.54, 1.807) is 0 Å². The highest BCUT2D eigenvalue weighted by Crippen LogP contribution is 2.11. The van der Waals surface area contributed by atoms with Crippen LogP contribution in [0.15, 0.2) is 30.3 Å². The van der Waals surface area contributed by atoms with Gasteiger partial charge in [0.1, 0.15) is 0 Å². The lowest BCUT2D eigenvalue weighted by atomic mass is 10.0. The van der Waals surface area contributed by atoms with Gasteiger partial charge in [0.15, 0.2) is 14.1 Å². The summed E-state index contributed by atoms with van der Waals surface area (Å²) in [4.78, 5) is 11.9. The standard InChI is InChI=1S/C17H28O2Si/c1-20(2,3)19-15-11-6-4-5-10-14-17(18)16-12-8-7-9-13-16/h7-9,12-13H,4-6,10-11,14-15H2,1-3H3. The number of carbonyl (C=O) groups excluding carboxylic acids is 1. The normalized spacial score (nSPS) is 11.6. The van der Waals surface area contributed by atoms with Gasteiger partial charge in [0.2, 0.25) is 0 Å². The second-order valence-electron chi connectivity index (χ2n) is 6.27. The third kappa shape index (κ3) is 8.28. The molecule has 0 N–H and O–H groups in total. The minimum absolute atomic E-state index is 0.271. The van der Waals surface area contributed by atoms with E-state index in [1.807, 2.05) is 30.3 Å². The van der Waals surface area contributed by atoms with Gasteiger partial charge in [-0.05, 0) is 32.5 Å². The van der Waals surface area contributed by atoms with Gasteiger partial charge in [0.25, 0.3) is 0 Å². The number of hydrogen-bond acceptors (Lipinski definition) is 2. The Morgan fingerprint density at radius 3 is 2.20 bits per heavy atom. The van der Waals surface area contributed by atoms with E-state index in [9.17, 15) is 4.79 Å². The lowest BCUT2D eigenvalue weighted by molar-refractivity contribution is 0.0979. The van der Waals surface area contributed by atoms with Gasteiger partial charge in [0, 0.05) is 18.6 Å². The SMILES string of the molecule is C[Si](C)(C)OCCCCCCCC(=O)c1ccccc1. The fourth-order valence-electron chi connectivity index (χ4n) is 2.06. The number of benzene rings is 1. The highest BCUT2D eigenvalue weighted by Gasteiger charge is 2.12. The van der Waals surface area contributed by atoms with Gasteiger partial charge in [-0.15, -0.1) is 0 Å². The second-order valence-corrected chi connectivity index (χ2v) is 10.8. The van der Waals surface area contributed by atoms with Crippen molar-refractivity contribution in [1.29, 1.82) is 0 Å². The first-order valence-electron chi connectivity index (χ1n) is 7.71. The van der Waals surface area contributed by atoms with Crippen LogP contribution in [0, 0.1) is 0 Å². The molecule has 0 aliphatic heterocycles. The van der Waals surface area contributed by atoms with Gasteiger partial charge in [0.05, 0.1) is 0 Å². The van der Waals surface area contributed by atoms with Gasteiger partial charge in [-0.25, -0.2) is 0 Å². The fraction of sp³-hybridized carbons (Fsp3) is 0.588. The number of hydrogen-bond donors (Lipinski definition) is 0. The Morgan fingerprint density at radius 2 is 1.55 bits per heavy atom. The van der Waals surface area contributed by atoms with Crippen molar-refractivity contribution in [3.8, 4) is 0 Å². The lowest BCUT2D eigenvalue weighted by Crippen LogP contribution is -2.25. The average molecular weight is 292 g/mol. The molecular formula is C17H28O2Si. The van der Waals surface area contributed by atoms with E-state index in [2.05, 4.69) is 19.6 Å². The number of Topliss-reactive ketones (excluding diaryl/α,β-unsaturated/α-hetero) is 1. The van der Waals surface area contributed by atoms with Crippen LogP contribution < -0.4 is 0 Å². The molecule has 3 heteroatoms. The average Bonchev–Trinajstić information content (AvgIpc) is 2.41. The Balaban J connectivity index is 1.99. The molecule has 0 aliphatic rings. The first-order chi connectivity index (χ1) is 9.49. The molecule has 0 spiro atoms. The van der Waals surface area contributed by atoms with Crippen molar-refractivity contribution in [3.63, 3.8) is 0 Å². The molecule has 0 amide bonds. The highest BCUT2D eigenvalue weighted by molar-refractivity contribution is 6.69. The number of rotatable bonds is 10. The summed E-state index contributed by atoms with van der Waals surface area (Å²) < 4.78 is 5.82. The first kappa shape index (κ1) is 17.1. The molecule has 0 saturated carbocycles. The van der Waals surface area contributed by atoms with Gasteiger partial charge in [-0.2, -0.15) is 0 Å². The van der Waals surface area contributed by atoms with Gasteiger partial charge >= 0.3 is 0 Å². The molecule has 0 saturated heterocycles. The summed E-state index contributed by atoms with van der Waals surface area (Å²) >= 11 is 0. The summed E-state index contributed by atoms with van der Waals surface area (Å²) in [5, 5.41) is 0. The maximum atomic E-state index is 11.9. The fourth-order valence-corrected chi connectivity index (χ4v) is 2.82. The van der Waals surface area contributed by atoms with E-state index in [-0.39, 0.29) is 5.78 Å². The van der Waals surface area contributed by atoms with E-state index in [1.165, 1.54) is 12.8 Å². The molecule has 0 heterocycles. The molecule has 0 fully saturated rings. The molecule has 0 aromatic heterocycles. The number of carbonyl (C=O) groups is 1.